The highest BCUT2D eigenvalue weighted by Gasteiger charge is 2.76. The molecule has 6 nitrogen and oxygen atoms in total. The first-order valence-electron chi connectivity index (χ1n) is 11.1. The second-order valence-corrected chi connectivity index (χ2v) is 10.8. The summed E-state index contributed by atoms with van der Waals surface area (Å²) in [7, 11) is 0. The Balaban J connectivity index is 1.90. The van der Waals surface area contributed by atoms with Crippen LogP contribution in [-0.2, 0) is 23.9 Å². The highest BCUT2D eigenvalue weighted by molar-refractivity contribution is 6.04. The van der Waals surface area contributed by atoms with Crippen molar-refractivity contribution in [3.8, 4) is 0 Å². The lowest BCUT2D eigenvalue weighted by Crippen LogP contribution is -2.70. The van der Waals surface area contributed by atoms with Crippen LogP contribution in [0.15, 0.2) is 12.2 Å². The molecular weight excluding hydrogens is 384 g/mol. The average Bonchev–Trinajstić information content (AvgIpc) is 2.75. The molecule has 0 amide bonds. The third kappa shape index (κ3) is 2.55. The molecule has 0 saturated heterocycles. The summed E-state index contributed by atoms with van der Waals surface area (Å²) in [6, 6.07) is 0. The van der Waals surface area contributed by atoms with E-state index >= 15 is 0 Å². The van der Waals surface area contributed by atoms with Crippen molar-refractivity contribution in [3.63, 3.8) is 0 Å². The third-order valence-corrected chi connectivity index (χ3v) is 9.11. The summed E-state index contributed by atoms with van der Waals surface area (Å²) in [4.78, 5) is 37.7. The molecule has 1 unspecified atom stereocenters. The van der Waals surface area contributed by atoms with Crippen LogP contribution in [0.2, 0.25) is 0 Å². The number of carbonyl (C=O) groups is 3. The van der Waals surface area contributed by atoms with E-state index in [0.717, 1.165) is 12.8 Å². The van der Waals surface area contributed by atoms with Gasteiger partial charge < -0.3 is 14.6 Å². The van der Waals surface area contributed by atoms with Gasteiger partial charge in [0.05, 0.1) is 6.10 Å². The Labute approximate surface area is 178 Å². The summed E-state index contributed by atoms with van der Waals surface area (Å²) in [6.45, 7) is 13.3. The Morgan fingerprint density at radius 1 is 1.03 bits per heavy atom. The predicted molar refractivity (Wildman–Crippen MR) is 109 cm³/mol. The quantitative estimate of drug-likeness (QED) is 0.547. The van der Waals surface area contributed by atoms with E-state index in [4.69, 9.17) is 9.47 Å². The van der Waals surface area contributed by atoms with E-state index in [1.807, 2.05) is 0 Å². The van der Waals surface area contributed by atoms with Gasteiger partial charge in [-0.1, -0.05) is 27.4 Å². The van der Waals surface area contributed by atoms with E-state index in [1.54, 1.807) is 0 Å². The number of aliphatic hydroxyl groups is 1. The third-order valence-electron chi connectivity index (χ3n) is 9.11. The number of esters is 2. The Morgan fingerprint density at radius 2 is 1.67 bits per heavy atom. The van der Waals surface area contributed by atoms with Crippen molar-refractivity contribution in [3.05, 3.63) is 12.2 Å². The summed E-state index contributed by atoms with van der Waals surface area (Å²) >= 11 is 0. The molecule has 0 heterocycles. The van der Waals surface area contributed by atoms with Crippen LogP contribution in [0.5, 0.6) is 0 Å². The molecule has 1 spiro atoms. The number of Topliss-reactive ketones (excluding diaryl/α,β-unsaturated/α-hetero) is 1. The lowest BCUT2D eigenvalue weighted by atomic mass is 9.39. The SMILES string of the molecule is C=C1C(=O)[C@]23C(OC(C)=O)[C@H]1CC[C@H]2[C@@]1(C)[C@H](C[C@H]3O)C(C)(C)CC[C@H]1OC(C)=O. The number of ketones is 1. The number of rotatable bonds is 2. The van der Waals surface area contributed by atoms with Crippen molar-refractivity contribution < 1.29 is 29.0 Å². The molecule has 0 aromatic rings. The first kappa shape index (κ1) is 21.5. The van der Waals surface area contributed by atoms with E-state index in [9.17, 15) is 19.5 Å². The number of fused-ring (bicyclic) bond motifs is 3. The van der Waals surface area contributed by atoms with Crippen LogP contribution >= 0.6 is 0 Å². The molecule has 4 fully saturated rings. The zero-order valence-corrected chi connectivity index (χ0v) is 18.7. The highest BCUT2D eigenvalue weighted by atomic mass is 16.5. The number of hydrogen-bond donors (Lipinski definition) is 1. The monoisotopic (exact) mass is 418 g/mol. The van der Waals surface area contributed by atoms with Crippen LogP contribution in [0, 0.1) is 34.0 Å². The molecular formula is C24H34O6. The van der Waals surface area contributed by atoms with Gasteiger partial charge in [-0.05, 0) is 54.9 Å². The smallest absolute Gasteiger partial charge is 0.302 e. The van der Waals surface area contributed by atoms with Gasteiger partial charge >= 0.3 is 11.9 Å². The number of ether oxygens (including phenoxy) is 2. The fourth-order valence-corrected chi connectivity index (χ4v) is 8.02. The predicted octanol–water partition coefficient (Wildman–Crippen LogP) is 3.21. The van der Waals surface area contributed by atoms with Crippen LogP contribution in [0.4, 0.5) is 0 Å². The maximum atomic E-state index is 13.7. The van der Waals surface area contributed by atoms with Crippen molar-refractivity contribution in [1.82, 2.24) is 0 Å². The zero-order valence-electron chi connectivity index (χ0n) is 18.7. The lowest BCUT2D eigenvalue weighted by molar-refractivity contribution is -0.258. The fourth-order valence-electron chi connectivity index (χ4n) is 8.02. The summed E-state index contributed by atoms with van der Waals surface area (Å²) in [5.74, 6) is -1.38. The summed E-state index contributed by atoms with van der Waals surface area (Å²) in [6.07, 6.45) is 1.45. The lowest BCUT2D eigenvalue weighted by Gasteiger charge is -2.66. The summed E-state index contributed by atoms with van der Waals surface area (Å²) in [5.41, 5.74) is -1.32. The maximum Gasteiger partial charge on any atom is 0.302 e. The summed E-state index contributed by atoms with van der Waals surface area (Å²) < 4.78 is 11.6. The Kier molecular flexibility index (Phi) is 4.78. The molecule has 0 aliphatic heterocycles. The van der Waals surface area contributed by atoms with Crippen LogP contribution in [0.1, 0.15) is 66.7 Å². The van der Waals surface area contributed by atoms with Gasteiger partial charge in [-0.15, -0.1) is 0 Å². The second-order valence-electron chi connectivity index (χ2n) is 10.8. The van der Waals surface area contributed by atoms with E-state index in [-0.39, 0.29) is 41.0 Å². The van der Waals surface area contributed by atoms with Crippen LogP contribution < -0.4 is 0 Å². The maximum absolute atomic E-state index is 13.7. The molecule has 0 aromatic carbocycles. The molecule has 0 radical (unpaired) electrons. The summed E-state index contributed by atoms with van der Waals surface area (Å²) in [5, 5.41) is 11.5. The number of carbonyl (C=O) groups excluding carboxylic acids is 3. The highest BCUT2D eigenvalue weighted by Crippen LogP contribution is 2.71. The minimum absolute atomic E-state index is 0.0690. The molecule has 6 heteroatoms. The van der Waals surface area contributed by atoms with Crippen LogP contribution in [-0.4, -0.2) is 41.1 Å². The first-order chi connectivity index (χ1) is 13.9. The van der Waals surface area contributed by atoms with Crippen molar-refractivity contribution in [2.75, 3.05) is 0 Å². The molecule has 4 aliphatic carbocycles. The minimum atomic E-state index is -1.21. The van der Waals surface area contributed by atoms with Crippen LogP contribution in [0.3, 0.4) is 0 Å². The molecule has 1 N–H and O–H groups in total. The van der Waals surface area contributed by atoms with E-state index in [1.165, 1.54) is 13.8 Å². The van der Waals surface area contributed by atoms with Gasteiger partial charge in [0, 0.05) is 25.2 Å². The molecule has 8 atom stereocenters. The number of aliphatic hydroxyl groups excluding tert-OH is 1. The Morgan fingerprint density at radius 3 is 2.27 bits per heavy atom. The Bertz CT molecular complexity index is 815. The fraction of sp³-hybridized carbons (Fsp3) is 0.792. The normalized spacial score (nSPS) is 46.6. The van der Waals surface area contributed by atoms with Crippen molar-refractivity contribution in [1.29, 1.82) is 0 Å². The molecule has 166 valence electrons. The zero-order chi connectivity index (χ0) is 22.2. The first-order valence-corrected chi connectivity index (χ1v) is 11.1. The Hall–Kier alpha value is -1.69. The van der Waals surface area contributed by atoms with Gasteiger partial charge in [0.1, 0.15) is 17.6 Å². The number of hydrogen-bond acceptors (Lipinski definition) is 6. The van der Waals surface area contributed by atoms with Gasteiger partial charge in [0.25, 0.3) is 0 Å². The van der Waals surface area contributed by atoms with Crippen molar-refractivity contribution in [2.45, 2.75) is 85.0 Å². The second kappa shape index (κ2) is 6.65. The molecule has 0 aromatic heterocycles. The van der Waals surface area contributed by atoms with Gasteiger partial charge in [0.15, 0.2) is 5.78 Å². The van der Waals surface area contributed by atoms with Crippen molar-refractivity contribution in [2.24, 2.45) is 34.0 Å². The largest absolute Gasteiger partial charge is 0.462 e. The standard InChI is InChI=1S/C24H34O6/c1-12-15-7-8-16-23(6)17(22(4,5)10-9-19(23)29-13(2)25)11-18(27)24(16,20(12)28)21(15)30-14(3)26/h15-19,21,27H,1,7-11H2,2-6H3/t15-,16-,17+,18+,19+,21?,23-,24-/m0/s1. The molecule has 4 aliphatic rings. The topological polar surface area (TPSA) is 89.9 Å². The van der Waals surface area contributed by atoms with Crippen molar-refractivity contribution >= 4 is 17.7 Å². The van der Waals surface area contributed by atoms with Gasteiger partial charge in [-0.3, -0.25) is 14.4 Å². The van der Waals surface area contributed by atoms with E-state index < -0.39 is 29.0 Å². The van der Waals surface area contributed by atoms with E-state index in [2.05, 4.69) is 27.4 Å². The van der Waals surface area contributed by atoms with Crippen LogP contribution in [0.25, 0.3) is 0 Å². The average molecular weight is 419 g/mol. The molecule has 4 rings (SSSR count). The molecule has 4 saturated carbocycles. The molecule has 2 bridgehead atoms. The molecule has 30 heavy (non-hydrogen) atoms. The van der Waals surface area contributed by atoms with Gasteiger partial charge in [-0.2, -0.15) is 0 Å². The van der Waals surface area contributed by atoms with Gasteiger partial charge in [0.2, 0.25) is 0 Å². The van der Waals surface area contributed by atoms with Gasteiger partial charge in [-0.25, -0.2) is 0 Å². The van der Waals surface area contributed by atoms with E-state index in [0.29, 0.717) is 24.8 Å². The minimum Gasteiger partial charge on any atom is -0.462 e.